The summed E-state index contributed by atoms with van der Waals surface area (Å²) in [6, 6.07) is 15.1. The number of carbonyl (C=O) groups excluding carboxylic acids is 2. The molecule has 4 rings (SSSR count). The van der Waals surface area contributed by atoms with E-state index in [1.54, 1.807) is 0 Å². The predicted octanol–water partition coefficient (Wildman–Crippen LogP) is 3.95. The Morgan fingerprint density at radius 2 is 1.91 bits per heavy atom. The van der Waals surface area contributed by atoms with Crippen molar-refractivity contribution in [3.8, 4) is 17.1 Å². The number of H-pyrrole nitrogens is 1. The molecule has 9 heteroatoms. The summed E-state index contributed by atoms with van der Waals surface area (Å²) < 4.78 is 7.77. The summed E-state index contributed by atoms with van der Waals surface area (Å²) in [5.74, 6) is 1.42. The van der Waals surface area contributed by atoms with Crippen molar-refractivity contribution < 1.29 is 14.3 Å². The Bertz CT molecular complexity index is 1200. The number of aromatic amines is 1. The van der Waals surface area contributed by atoms with Gasteiger partial charge in [-0.15, -0.1) is 0 Å². The average Bonchev–Trinajstić information content (AvgIpc) is 3.52. The van der Waals surface area contributed by atoms with Gasteiger partial charge >= 0.3 is 0 Å². The third kappa shape index (κ3) is 5.72. The average molecular weight is 480 g/mol. The van der Waals surface area contributed by atoms with Crippen LogP contribution in [-0.4, -0.2) is 51.2 Å². The van der Waals surface area contributed by atoms with Crippen molar-refractivity contribution in [2.24, 2.45) is 0 Å². The summed E-state index contributed by atoms with van der Waals surface area (Å²) in [6.07, 6.45) is 2.37. The van der Waals surface area contributed by atoms with E-state index in [0.29, 0.717) is 35.9 Å². The monoisotopic (exact) mass is 479 g/mol. The third-order valence-corrected chi connectivity index (χ3v) is 6.11. The smallest absolute Gasteiger partial charge is 0.253 e. The first kappa shape index (κ1) is 23.7. The topological polar surface area (TPSA) is 92.2 Å². The van der Waals surface area contributed by atoms with Crippen LogP contribution in [0.3, 0.4) is 0 Å². The van der Waals surface area contributed by atoms with Crippen molar-refractivity contribution in [3.63, 3.8) is 0 Å². The van der Waals surface area contributed by atoms with Gasteiger partial charge in [0.25, 0.3) is 5.91 Å². The number of benzene rings is 2. The molecule has 1 aliphatic heterocycles. The lowest BCUT2D eigenvalue weighted by molar-refractivity contribution is -0.121. The molecule has 1 fully saturated rings. The van der Waals surface area contributed by atoms with Crippen LogP contribution in [0, 0.1) is 4.77 Å². The third-order valence-electron chi connectivity index (χ3n) is 5.80. The first-order valence-electron chi connectivity index (χ1n) is 11.6. The fraction of sp³-hybridized carbons (Fsp3) is 0.360. The number of nitrogens with zero attached hydrogens (tertiary/aromatic N) is 3. The molecule has 1 aromatic heterocycles. The van der Waals surface area contributed by atoms with Crippen LogP contribution in [-0.2, 0) is 17.9 Å². The molecule has 0 spiro atoms. The van der Waals surface area contributed by atoms with E-state index in [-0.39, 0.29) is 18.2 Å². The van der Waals surface area contributed by atoms with Gasteiger partial charge in [0.2, 0.25) is 5.91 Å². The summed E-state index contributed by atoms with van der Waals surface area (Å²) in [5.41, 5.74) is 2.45. The van der Waals surface area contributed by atoms with Crippen molar-refractivity contribution in [3.05, 3.63) is 64.4 Å². The van der Waals surface area contributed by atoms with Gasteiger partial charge in [-0.3, -0.25) is 19.3 Å². The van der Waals surface area contributed by atoms with E-state index >= 15 is 0 Å². The minimum atomic E-state index is -0.1000. The molecular formula is C25H29N5O3S. The molecule has 0 unspecified atom stereocenters. The van der Waals surface area contributed by atoms with Gasteiger partial charge in [-0.25, -0.2) is 0 Å². The summed E-state index contributed by atoms with van der Waals surface area (Å²) in [7, 11) is 0. The lowest BCUT2D eigenvalue weighted by atomic mass is 10.1. The maximum atomic E-state index is 12.6. The van der Waals surface area contributed by atoms with E-state index in [4.69, 9.17) is 17.0 Å². The molecule has 2 amide bonds. The van der Waals surface area contributed by atoms with Crippen molar-refractivity contribution in [1.82, 2.24) is 25.0 Å². The van der Waals surface area contributed by atoms with E-state index in [1.807, 2.05) is 64.9 Å². The first-order valence-corrected chi connectivity index (χ1v) is 12.0. The van der Waals surface area contributed by atoms with E-state index in [0.717, 1.165) is 42.8 Å². The number of rotatable bonds is 9. The van der Waals surface area contributed by atoms with Crippen molar-refractivity contribution >= 4 is 24.0 Å². The number of aromatic nitrogens is 3. The highest BCUT2D eigenvalue weighted by Gasteiger charge is 2.19. The van der Waals surface area contributed by atoms with Crippen molar-refractivity contribution in [2.45, 2.75) is 39.3 Å². The zero-order valence-corrected chi connectivity index (χ0v) is 20.1. The lowest BCUT2D eigenvalue weighted by Gasteiger charge is -2.15. The van der Waals surface area contributed by atoms with Crippen LogP contribution in [0.5, 0.6) is 5.75 Å². The molecule has 178 valence electrons. The van der Waals surface area contributed by atoms with Crippen LogP contribution in [0.25, 0.3) is 11.4 Å². The minimum Gasteiger partial charge on any atom is -0.494 e. The standard InChI is InChI=1S/C25H29N5O3S/c1-2-33-21-10-8-19(9-11-21)23-27-28-25(34)30(23)15-12-22(31)26-17-18-6-5-7-20(16-18)24(32)29-13-3-4-14-29/h5-11,16H,2-4,12-15,17H2,1H3,(H,26,31)(H,28,34). The van der Waals surface area contributed by atoms with Crippen LogP contribution in [0.15, 0.2) is 48.5 Å². The first-order chi connectivity index (χ1) is 16.5. The van der Waals surface area contributed by atoms with Gasteiger partial charge in [0.1, 0.15) is 5.75 Å². The summed E-state index contributed by atoms with van der Waals surface area (Å²) in [4.78, 5) is 27.0. The second-order valence-electron chi connectivity index (χ2n) is 8.19. The van der Waals surface area contributed by atoms with E-state index in [2.05, 4.69) is 15.5 Å². The number of nitrogens with one attached hydrogen (secondary N) is 2. The molecule has 0 atom stereocenters. The number of carbonyl (C=O) groups is 2. The Morgan fingerprint density at radius 3 is 2.65 bits per heavy atom. The van der Waals surface area contributed by atoms with Gasteiger partial charge in [0.15, 0.2) is 10.6 Å². The molecule has 0 bridgehead atoms. The fourth-order valence-electron chi connectivity index (χ4n) is 4.03. The fourth-order valence-corrected chi connectivity index (χ4v) is 4.26. The van der Waals surface area contributed by atoms with Crippen molar-refractivity contribution in [1.29, 1.82) is 0 Å². The van der Waals surface area contributed by atoms with Gasteiger partial charge in [0, 0.05) is 43.7 Å². The van der Waals surface area contributed by atoms with Gasteiger partial charge in [0.05, 0.1) is 6.61 Å². The second-order valence-corrected chi connectivity index (χ2v) is 8.57. The molecule has 2 heterocycles. The van der Waals surface area contributed by atoms with Crippen LogP contribution in [0.4, 0.5) is 0 Å². The maximum absolute atomic E-state index is 12.6. The van der Waals surface area contributed by atoms with Crippen LogP contribution in [0.1, 0.15) is 42.1 Å². The van der Waals surface area contributed by atoms with Gasteiger partial charge < -0.3 is 15.0 Å². The molecule has 3 aromatic rings. The zero-order valence-electron chi connectivity index (χ0n) is 19.3. The van der Waals surface area contributed by atoms with Gasteiger partial charge in [-0.1, -0.05) is 12.1 Å². The second kappa shape index (κ2) is 11.1. The summed E-state index contributed by atoms with van der Waals surface area (Å²) in [5, 5.41) is 10.1. The van der Waals surface area contributed by atoms with Gasteiger partial charge in [-0.2, -0.15) is 5.10 Å². The van der Waals surface area contributed by atoms with Crippen LogP contribution >= 0.6 is 12.2 Å². The maximum Gasteiger partial charge on any atom is 0.253 e. The van der Waals surface area contributed by atoms with Crippen LogP contribution < -0.4 is 10.1 Å². The van der Waals surface area contributed by atoms with Crippen molar-refractivity contribution in [2.75, 3.05) is 19.7 Å². The molecule has 0 aliphatic carbocycles. The number of hydrogen-bond donors (Lipinski definition) is 2. The summed E-state index contributed by atoms with van der Waals surface area (Å²) >= 11 is 5.37. The molecule has 8 nitrogen and oxygen atoms in total. The Balaban J connectivity index is 1.33. The zero-order chi connectivity index (χ0) is 23.9. The summed E-state index contributed by atoms with van der Waals surface area (Å²) in [6.45, 7) is 4.94. The Morgan fingerprint density at radius 1 is 1.15 bits per heavy atom. The molecule has 0 radical (unpaired) electrons. The lowest BCUT2D eigenvalue weighted by Crippen LogP contribution is -2.28. The Labute approximate surface area is 203 Å². The van der Waals surface area contributed by atoms with E-state index in [9.17, 15) is 9.59 Å². The van der Waals surface area contributed by atoms with E-state index in [1.165, 1.54) is 0 Å². The number of likely N-dealkylation sites (tertiary alicyclic amines) is 1. The molecule has 2 N–H and O–H groups in total. The Kier molecular flexibility index (Phi) is 7.74. The predicted molar refractivity (Wildman–Crippen MR) is 132 cm³/mol. The minimum absolute atomic E-state index is 0.0572. The molecule has 0 saturated carbocycles. The van der Waals surface area contributed by atoms with E-state index < -0.39 is 0 Å². The molecule has 34 heavy (non-hydrogen) atoms. The largest absolute Gasteiger partial charge is 0.494 e. The highest BCUT2D eigenvalue weighted by molar-refractivity contribution is 7.71. The quantitative estimate of drug-likeness (QED) is 0.454. The highest BCUT2D eigenvalue weighted by atomic mass is 32.1. The number of amides is 2. The Hall–Kier alpha value is -3.46. The van der Waals surface area contributed by atoms with Gasteiger partial charge in [-0.05, 0) is 73.9 Å². The molecule has 1 aliphatic rings. The molecule has 1 saturated heterocycles. The number of hydrogen-bond acceptors (Lipinski definition) is 5. The van der Waals surface area contributed by atoms with Crippen LogP contribution in [0.2, 0.25) is 0 Å². The normalized spacial score (nSPS) is 13.1. The SMILES string of the molecule is CCOc1ccc(-c2n[nH]c(=S)n2CCC(=O)NCc2cccc(C(=O)N3CCCC3)c2)cc1. The molecule has 2 aromatic carbocycles. The number of ether oxygens (including phenoxy) is 1. The highest BCUT2D eigenvalue weighted by Crippen LogP contribution is 2.21. The molecular weight excluding hydrogens is 450 g/mol.